The van der Waals surface area contributed by atoms with Gasteiger partial charge in [-0.3, -0.25) is 0 Å². The number of rotatable bonds is 2. The third-order valence-corrected chi connectivity index (χ3v) is 6.53. The summed E-state index contributed by atoms with van der Waals surface area (Å²) in [5.41, 5.74) is 7.48. The molecule has 19 heavy (non-hydrogen) atoms. The van der Waals surface area contributed by atoms with E-state index in [-0.39, 0.29) is 5.82 Å². The van der Waals surface area contributed by atoms with Crippen molar-refractivity contribution in [2.75, 3.05) is 23.0 Å². The zero-order valence-corrected chi connectivity index (χ0v) is 13.3. The zero-order valence-electron chi connectivity index (χ0n) is 10.1. The lowest BCUT2D eigenvalue weighted by Crippen LogP contribution is -2.21. The molecule has 0 bridgehead atoms. The van der Waals surface area contributed by atoms with Crippen LogP contribution in [0.15, 0.2) is 16.6 Å². The number of nitrogens with two attached hydrogens (primary N) is 1. The number of fused-ring (bicyclic) bond motifs is 1. The molecule has 0 aliphatic carbocycles. The summed E-state index contributed by atoms with van der Waals surface area (Å²) in [4.78, 5) is 4.31. The SMILES string of the molecule is Nc1nc2cc(Br)c(F)cc2n1CC1CSCCS1. The van der Waals surface area contributed by atoms with E-state index in [1.165, 1.54) is 17.6 Å². The normalized spacial score (nSPS) is 20.0. The molecular weight excluding hydrogens is 349 g/mol. The van der Waals surface area contributed by atoms with Crippen molar-refractivity contribution in [1.82, 2.24) is 9.55 Å². The molecule has 0 radical (unpaired) electrons. The standard InChI is InChI=1S/C12H13BrFN3S2/c13-8-3-10-11(4-9(8)14)17(12(15)16-10)5-7-6-18-1-2-19-7/h3-4,7H,1-2,5-6H2,(H2,15,16). The summed E-state index contributed by atoms with van der Waals surface area (Å²) in [6.07, 6.45) is 0. The molecule has 1 aliphatic rings. The fraction of sp³-hybridized carbons (Fsp3) is 0.417. The van der Waals surface area contributed by atoms with Crippen LogP contribution in [-0.2, 0) is 6.54 Å². The van der Waals surface area contributed by atoms with Crippen LogP contribution in [0.25, 0.3) is 11.0 Å². The molecule has 1 unspecified atom stereocenters. The van der Waals surface area contributed by atoms with Gasteiger partial charge in [0, 0.05) is 35.1 Å². The number of benzene rings is 1. The Kier molecular flexibility index (Phi) is 3.96. The maximum Gasteiger partial charge on any atom is 0.201 e. The van der Waals surface area contributed by atoms with Crippen molar-refractivity contribution in [3.05, 3.63) is 22.4 Å². The fourth-order valence-corrected chi connectivity index (χ4v) is 5.16. The number of nitrogens with zero attached hydrogens (tertiary/aromatic N) is 2. The Bertz CT molecular complexity index is 611. The van der Waals surface area contributed by atoms with E-state index in [9.17, 15) is 4.39 Å². The summed E-state index contributed by atoms with van der Waals surface area (Å²) in [5.74, 6) is 3.68. The predicted octanol–water partition coefficient (Wildman–Crippen LogP) is 3.37. The Balaban J connectivity index is 1.97. The summed E-state index contributed by atoms with van der Waals surface area (Å²) in [6.45, 7) is 0.793. The Morgan fingerprint density at radius 2 is 2.32 bits per heavy atom. The van der Waals surface area contributed by atoms with Crippen LogP contribution < -0.4 is 5.73 Å². The third kappa shape index (κ3) is 2.73. The van der Waals surface area contributed by atoms with Crippen LogP contribution in [0.3, 0.4) is 0 Å². The average molecular weight is 362 g/mol. The third-order valence-electron chi connectivity index (χ3n) is 3.09. The highest BCUT2D eigenvalue weighted by Gasteiger charge is 2.18. The van der Waals surface area contributed by atoms with Crippen LogP contribution >= 0.6 is 39.5 Å². The van der Waals surface area contributed by atoms with Gasteiger partial charge >= 0.3 is 0 Å². The van der Waals surface area contributed by atoms with Gasteiger partial charge in [-0.1, -0.05) is 0 Å². The van der Waals surface area contributed by atoms with Gasteiger partial charge in [0.1, 0.15) is 5.82 Å². The highest BCUT2D eigenvalue weighted by Crippen LogP contribution is 2.29. The molecule has 3 nitrogen and oxygen atoms in total. The maximum atomic E-state index is 13.7. The molecule has 7 heteroatoms. The molecule has 1 fully saturated rings. The largest absolute Gasteiger partial charge is 0.369 e. The minimum absolute atomic E-state index is 0.278. The van der Waals surface area contributed by atoms with Gasteiger partial charge in [0.25, 0.3) is 0 Å². The molecule has 1 aliphatic heterocycles. The summed E-state index contributed by atoms with van der Waals surface area (Å²) in [7, 11) is 0. The van der Waals surface area contributed by atoms with Crippen molar-refractivity contribution in [3.63, 3.8) is 0 Å². The lowest BCUT2D eigenvalue weighted by Gasteiger charge is -2.22. The molecule has 2 N–H and O–H groups in total. The van der Waals surface area contributed by atoms with Crippen molar-refractivity contribution < 1.29 is 4.39 Å². The topological polar surface area (TPSA) is 43.8 Å². The molecule has 3 rings (SSSR count). The second-order valence-electron chi connectivity index (χ2n) is 4.40. The van der Waals surface area contributed by atoms with Gasteiger partial charge in [-0.25, -0.2) is 9.37 Å². The van der Waals surface area contributed by atoms with Crippen LogP contribution in [-0.4, -0.2) is 32.1 Å². The maximum absolute atomic E-state index is 13.7. The van der Waals surface area contributed by atoms with E-state index < -0.39 is 0 Å². The van der Waals surface area contributed by atoms with Gasteiger partial charge in [0.05, 0.1) is 15.5 Å². The van der Waals surface area contributed by atoms with Crippen LogP contribution in [0.5, 0.6) is 0 Å². The van der Waals surface area contributed by atoms with Gasteiger partial charge in [0.15, 0.2) is 0 Å². The van der Waals surface area contributed by atoms with E-state index in [1.807, 2.05) is 28.1 Å². The van der Waals surface area contributed by atoms with Crippen molar-refractivity contribution in [3.8, 4) is 0 Å². The van der Waals surface area contributed by atoms with Gasteiger partial charge in [-0.15, -0.1) is 0 Å². The molecule has 0 amide bonds. The number of nitrogen functional groups attached to an aromatic ring is 1. The van der Waals surface area contributed by atoms with E-state index >= 15 is 0 Å². The molecular formula is C12H13BrFN3S2. The van der Waals surface area contributed by atoms with Crippen molar-refractivity contribution in [1.29, 1.82) is 0 Å². The number of hydrogen-bond acceptors (Lipinski definition) is 4. The summed E-state index contributed by atoms with van der Waals surface area (Å²) in [6, 6.07) is 3.18. The monoisotopic (exact) mass is 361 g/mol. The molecule has 1 aromatic carbocycles. The number of aromatic nitrogens is 2. The molecule has 1 aromatic heterocycles. The number of halogens is 2. The summed E-state index contributed by atoms with van der Waals surface area (Å²) >= 11 is 7.10. The first-order valence-corrected chi connectivity index (χ1v) is 8.95. The smallest absolute Gasteiger partial charge is 0.201 e. The average Bonchev–Trinajstić information content (AvgIpc) is 2.68. The summed E-state index contributed by atoms with van der Waals surface area (Å²) < 4.78 is 16.0. The van der Waals surface area contributed by atoms with Crippen LogP contribution in [0.4, 0.5) is 10.3 Å². The van der Waals surface area contributed by atoms with E-state index in [1.54, 1.807) is 6.07 Å². The highest BCUT2D eigenvalue weighted by atomic mass is 79.9. The summed E-state index contributed by atoms with van der Waals surface area (Å²) in [5, 5.41) is 0.519. The van der Waals surface area contributed by atoms with Crippen molar-refractivity contribution >= 4 is 56.4 Å². The second kappa shape index (κ2) is 5.54. The number of anilines is 1. The molecule has 0 spiro atoms. The molecule has 1 atom stereocenters. The minimum atomic E-state index is -0.278. The Morgan fingerprint density at radius 3 is 3.05 bits per heavy atom. The lowest BCUT2D eigenvalue weighted by molar-refractivity contribution is 0.621. The zero-order chi connectivity index (χ0) is 13.4. The molecule has 0 saturated carbocycles. The van der Waals surface area contributed by atoms with Crippen molar-refractivity contribution in [2.45, 2.75) is 11.8 Å². The second-order valence-corrected chi connectivity index (χ2v) is 7.82. The quantitative estimate of drug-likeness (QED) is 0.890. The number of imidazole rings is 1. The predicted molar refractivity (Wildman–Crippen MR) is 85.4 cm³/mol. The van der Waals surface area contributed by atoms with Crippen molar-refractivity contribution in [2.24, 2.45) is 0 Å². The Hall–Kier alpha value is -0.400. The first-order valence-electron chi connectivity index (χ1n) is 5.95. The van der Waals surface area contributed by atoms with E-state index in [4.69, 9.17) is 5.73 Å². The van der Waals surface area contributed by atoms with Gasteiger partial charge in [-0.05, 0) is 22.0 Å². The first kappa shape index (κ1) is 13.6. The minimum Gasteiger partial charge on any atom is -0.369 e. The van der Waals surface area contributed by atoms with Gasteiger partial charge < -0.3 is 10.3 Å². The van der Waals surface area contributed by atoms with Crippen LogP contribution in [0.2, 0.25) is 0 Å². The number of hydrogen-bond donors (Lipinski definition) is 1. The van der Waals surface area contributed by atoms with Crippen LogP contribution in [0, 0.1) is 5.82 Å². The molecule has 2 heterocycles. The number of thioether (sulfide) groups is 2. The van der Waals surface area contributed by atoms with Crippen LogP contribution in [0.1, 0.15) is 0 Å². The lowest BCUT2D eigenvalue weighted by atomic mass is 10.3. The molecule has 1 saturated heterocycles. The van der Waals surface area contributed by atoms with E-state index in [2.05, 4.69) is 20.9 Å². The Morgan fingerprint density at radius 1 is 1.47 bits per heavy atom. The van der Waals surface area contributed by atoms with Gasteiger partial charge in [-0.2, -0.15) is 23.5 Å². The molecule has 102 valence electrons. The highest BCUT2D eigenvalue weighted by molar-refractivity contribution is 9.10. The van der Waals surface area contributed by atoms with Gasteiger partial charge in [0.2, 0.25) is 5.95 Å². The molecule has 2 aromatic rings. The van der Waals surface area contributed by atoms with E-state index in [0.717, 1.165) is 23.3 Å². The fourth-order valence-electron chi connectivity index (χ4n) is 2.18. The Labute approximate surface area is 127 Å². The van der Waals surface area contributed by atoms with E-state index in [0.29, 0.717) is 15.7 Å². The first-order chi connectivity index (χ1) is 9.15.